The first-order valence-electron chi connectivity index (χ1n) is 6.69. The average Bonchev–Trinajstić information content (AvgIpc) is 2.48. The lowest BCUT2D eigenvalue weighted by molar-refractivity contribution is 0.100. The quantitative estimate of drug-likeness (QED) is 0.773. The highest BCUT2D eigenvalue weighted by Crippen LogP contribution is 2.14. The van der Waals surface area contributed by atoms with Crippen LogP contribution in [0.25, 0.3) is 0 Å². The minimum atomic E-state index is -0.274. The number of hydrogen-bond acceptors (Lipinski definition) is 2. The van der Waals surface area contributed by atoms with Crippen molar-refractivity contribution in [1.82, 2.24) is 0 Å². The van der Waals surface area contributed by atoms with Crippen molar-refractivity contribution >= 4 is 11.5 Å². The highest BCUT2D eigenvalue weighted by molar-refractivity contribution is 5.99. The first-order valence-corrected chi connectivity index (χ1v) is 6.69. The van der Waals surface area contributed by atoms with Crippen LogP contribution < -0.4 is 4.90 Å². The molecule has 0 saturated carbocycles. The highest BCUT2D eigenvalue weighted by atomic mass is 19.1. The molecule has 20 heavy (non-hydrogen) atoms. The monoisotopic (exact) mass is 271 g/mol. The Bertz CT molecular complexity index is 575. The molecule has 0 spiro atoms. The fourth-order valence-corrected chi connectivity index (χ4v) is 2.02. The standard InChI is InChI=1S/C17H18FNO/c1-3-13-4-6-14(7-5-13)17(20)12-19(2)16-10-8-15(18)9-11-16/h4-11H,3,12H2,1-2H3. The number of Topliss-reactive ketones (excluding diaryl/α,β-unsaturated/α-hetero) is 1. The predicted octanol–water partition coefficient (Wildman–Crippen LogP) is 3.71. The van der Waals surface area contributed by atoms with Crippen LogP contribution in [-0.2, 0) is 6.42 Å². The molecule has 0 heterocycles. The molecule has 0 N–H and O–H groups in total. The van der Waals surface area contributed by atoms with Crippen molar-refractivity contribution in [2.45, 2.75) is 13.3 Å². The fourth-order valence-electron chi connectivity index (χ4n) is 2.02. The number of benzene rings is 2. The number of rotatable bonds is 5. The van der Waals surface area contributed by atoms with Gasteiger partial charge < -0.3 is 4.90 Å². The van der Waals surface area contributed by atoms with E-state index in [4.69, 9.17) is 0 Å². The van der Waals surface area contributed by atoms with Crippen molar-refractivity contribution < 1.29 is 9.18 Å². The summed E-state index contributed by atoms with van der Waals surface area (Å²) in [6.45, 7) is 2.36. The van der Waals surface area contributed by atoms with Gasteiger partial charge in [0.15, 0.2) is 5.78 Å². The molecule has 0 aliphatic heterocycles. The van der Waals surface area contributed by atoms with E-state index in [9.17, 15) is 9.18 Å². The number of aryl methyl sites for hydroxylation is 1. The summed E-state index contributed by atoms with van der Waals surface area (Å²) in [6.07, 6.45) is 0.962. The number of nitrogens with zero attached hydrogens (tertiary/aromatic N) is 1. The van der Waals surface area contributed by atoms with Crippen LogP contribution in [0.3, 0.4) is 0 Å². The molecule has 2 aromatic carbocycles. The number of carbonyl (C=O) groups excluding carboxylic acids is 1. The van der Waals surface area contributed by atoms with Gasteiger partial charge in [-0.3, -0.25) is 4.79 Å². The van der Waals surface area contributed by atoms with E-state index in [0.717, 1.165) is 12.1 Å². The van der Waals surface area contributed by atoms with E-state index in [-0.39, 0.29) is 18.1 Å². The van der Waals surface area contributed by atoms with Gasteiger partial charge in [-0.2, -0.15) is 0 Å². The van der Waals surface area contributed by atoms with E-state index in [2.05, 4.69) is 6.92 Å². The molecule has 0 amide bonds. The molecular weight excluding hydrogens is 253 g/mol. The van der Waals surface area contributed by atoms with Crippen molar-refractivity contribution in [2.24, 2.45) is 0 Å². The van der Waals surface area contributed by atoms with Crippen LogP contribution in [0.5, 0.6) is 0 Å². The third kappa shape index (κ3) is 3.44. The Labute approximate surface area is 118 Å². The number of carbonyl (C=O) groups is 1. The molecule has 0 saturated heterocycles. The number of hydrogen-bond donors (Lipinski definition) is 0. The summed E-state index contributed by atoms with van der Waals surface area (Å²) in [4.78, 5) is 14.0. The minimum absolute atomic E-state index is 0.0551. The smallest absolute Gasteiger partial charge is 0.182 e. The van der Waals surface area contributed by atoms with Crippen LogP contribution in [0.15, 0.2) is 48.5 Å². The Morgan fingerprint density at radius 1 is 1.05 bits per heavy atom. The molecule has 0 aromatic heterocycles. The Morgan fingerprint density at radius 3 is 2.20 bits per heavy atom. The second-order valence-electron chi connectivity index (χ2n) is 4.81. The molecule has 2 rings (SSSR count). The lowest BCUT2D eigenvalue weighted by atomic mass is 10.1. The van der Waals surface area contributed by atoms with Crippen molar-refractivity contribution in [2.75, 3.05) is 18.5 Å². The molecule has 0 aliphatic carbocycles. The van der Waals surface area contributed by atoms with Crippen molar-refractivity contribution in [1.29, 1.82) is 0 Å². The van der Waals surface area contributed by atoms with Crippen LogP contribution in [-0.4, -0.2) is 19.4 Å². The van der Waals surface area contributed by atoms with Gasteiger partial charge in [0.1, 0.15) is 5.82 Å². The molecule has 0 atom stereocenters. The van der Waals surface area contributed by atoms with Gasteiger partial charge in [-0.1, -0.05) is 31.2 Å². The van der Waals surface area contributed by atoms with E-state index < -0.39 is 0 Å². The van der Waals surface area contributed by atoms with Gasteiger partial charge in [-0.15, -0.1) is 0 Å². The van der Waals surface area contributed by atoms with Gasteiger partial charge in [-0.25, -0.2) is 4.39 Å². The molecule has 2 aromatic rings. The van der Waals surface area contributed by atoms with Gasteiger partial charge in [0.25, 0.3) is 0 Å². The van der Waals surface area contributed by atoms with Crippen molar-refractivity contribution in [3.05, 3.63) is 65.5 Å². The lowest BCUT2D eigenvalue weighted by Gasteiger charge is -2.18. The third-order valence-electron chi connectivity index (χ3n) is 3.33. The molecule has 0 fully saturated rings. The lowest BCUT2D eigenvalue weighted by Crippen LogP contribution is -2.25. The Balaban J connectivity index is 2.04. The fraction of sp³-hybridized carbons (Fsp3) is 0.235. The Kier molecular flexibility index (Phi) is 4.51. The van der Waals surface area contributed by atoms with Crippen LogP contribution >= 0.6 is 0 Å². The average molecular weight is 271 g/mol. The zero-order chi connectivity index (χ0) is 14.5. The summed E-state index contributed by atoms with van der Waals surface area (Å²) in [5, 5.41) is 0. The summed E-state index contributed by atoms with van der Waals surface area (Å²) in [5.74, 6) is -0.219. The summed E-state index contributed by atoms with van der Waals surface area (Å²) >= 11 is 0. The molecular formula is C17H18FNO. The minimum Gasteiger partial charge on any atom is -0.367 e. The highest BCUT2D eigenvalue weighted by Gasteiger charge is 2.10. The molecule has 0 radical (unpaired) electrons. The van der Waals surface area contributed by atoms with E-state index in [1.165, 1.54) is 17.7 Å². The number of ketones is 1. The third-order valence-corrected chi connectivity index (χ3v) is 3.33. The molecule has 3 heteroatoms. The Hall–Kier alpha value is -2.16. The van der Waals surface area contributed by atoms with E-state index in [1.54, 1.807) is 12.1 Å². The van der Waals surface area contributed by atoms with E-state index in [1.807, 2.05) is 36.2 Å². The summed E-state index contributed by atoms with van der Waals surface area (Å²) in [7, 11) is 1.82. The molecule has 0 unspecified atom stereocenters. The topological polar surface area (TPSA) is 20.3 Å². The van der Waals surface area contributed by atoms with Crippen LogP contribution in [0, 0.1) is 5.82 Å². The summed E-state index contributed by atoms with van der Waals surface area (Å²) in [5.41, 5.74) is 2.74. The van der Waals surface area contributed by atoms with Crippen LogP contribution in [0.1, 0.15) is 22.8 Å². The van der Waals surface area contributed by atoms with Gasteiger partial charge in [0.2, 0.25) is 0 Å². The molecule has 104 valence electrons. The van der Waals surface area contributed by atoms with Gasteiger partial charge in [-0.05, 0) is 36.2 Å². The number of halogens is 1. The zero-order valence-corrected chi connectivity index (χ0v) is 11.8. The molecule has 0 aliphatic rings. The maximum atomic E-state index is 12.9. The Morgan fingerprint density at radius 2 is 1.65 bits per heavy atom. The van der Waals surface area contributed by atoms with Gasteiger partial charge >= 0.3 is 0 Å². The normalized spacial score (nSPS) is 10.3. The van der Waals surface area contributed by atoms with E-state index >= 15 is 0 Å². The van der Waals surface area contributed by atoms with E-state index in [0.29, 0.717) is 5.56 Å². The van der Waals surface area contributed by atoms with Crippen LogP contribution in [0.4, 0.5) is 10.1 Å². The van der Waals surface area contributed by atoms with Gasteiger partial charge in [0.05, 0.1) is 6.54 Å². The SMILES string of the molecule is CCc1ccc(C(=O)CN(C)c2ccc(F)cc2)cc1. The predicted molar refractivity (Wildman–Crippen MR) is 79.8 cm³/mol. The zero-order valence-electron chi connectivity index (χ0n) is 11.8. The molecule has 0 bridgehead atoms. The summed E-state index contributed by atoms with van der Waals surface area (Å²) < 4.78 is 12.9. The maximum absolute atomic E-state index is 12.9. The number of likely N-dealkylation sites (N-methyl/N-ethyl adjacent to an activating group) is 1. The molecule has 2 nitrogen and oxygen atoms in total. The van der Waals surface area contributed by atoms with Crippen LogP contribution in [0.2, 0.25) is 0 Å². The second-order valence-corrected chi connectivity index (χ2v) is 4.81. The second kappa shape index (κ2) is 6.33. The van der Waals surface area contributed by atoms with Crippen molar-refractivity contribution in [3.8, 4) is 0 Å². The maximum Gasteiger partial charge on any atom is 0.182 e. The largest absolute Gasteiger partial charge is 0.367 e. The number of anilines is 1. The van der Waals surface area contributed by atoms with Gasteiger partial charge in [0, 0.05) is 18.3 Å². The first kappa shape index (κ1) is 14.3. The first-order chi connectivity index (χ1) is 9.60. The summed E-state index contributed by atoms with van der Waals surface area (Å²) in [6, 6.07) is 13.8. The van der Waals surface area contributed by atoms with Crippen molar-refractivity contribution in [3.63, 3.8) is 0 Å².